The Morgan fingerprint density at radius 1 is 0.642 bits per heavy atom. The van der Waals surface area contributed by atoms with Crippen LogP contribution in [-0.4, -0.2) is 116 Å². The van der Waals surface area contributed by atoms with E-state index in [0.717, 1.165) is 12.8 Å². The highest BCUT2D eigenvalue weighted by atomic mass is 31.2. The molecule has 0 radical (unpaired) electrons. The molecule has 0 saturated carbocycles. The molecule has 1 aliphatic rings. The van der Waals surface area contributed by atoms with Gasteiger partial charge in [0.05, 0.1) is 12.7 Å². The molecule has 0 aromatic heterocycles. The first-order chi connectivity index (χ1) is 23.6. The molecule has 1 heterocycles. The summed E-state index contributed by atoms with van der Waals surface area (Å²) in [6.45, 7) is 0.729. The fourth-order valence-corrected chi connectivity index (χ4v) is 6.03. The fourth-order valence-electron chi connectivity index (χ4n) is 4.83. The van der Waals surface area contributed by atoms with Gasteiger partial charge in [-0.15, -0.1) is 0 Å². The third-order valence-electron chi connectivity index (χ3n) is 8.07. The third-order valence-corrected chi connectivity index (χ3v) is 9.15. The molecule has 27 heteroatoms. The van der Waals surface area contributed by atoms with Gasteiger partial charge in [0.25, 0.3) is 0 Å². The zero-order valence-electron chi connectivity index (χ0n) is 27.0. The molecular weight excluding hydrogens is 810 g/mol. The molecule has 1 fully saturated rings. The lowest BCUT2D eigenvalue weighted by atomic mass is 9.87. The number of hydrogen-bond donors (Lipinski definition) is 5. The lowest BCUT2D eigenvalue weighted by Crippen LogP contribution is -2.74. The molecule has 0 aromatic rings. The van der Waals surface area contributed by atoms with Crippen LogP contribution in [0, 0.1) is 0 Å². The number of alkyl halides is 17. The molecule has 0 aliphatic carbocycles. The van der Waals surface area contributed by atoms with Gasteiger partial charge in [-0.2, -0.15) is 74.6 Å². The van der Waals surface area contributed by atoms with E-state index < -0.39 is 118 Å². The van der Waals surface area contributed by atoms with Crippen LogP contribution in [0.25, 0.3) is 0 Å². The number of halogens is 17. The van der Waals surface area contributed by atoms with Crippen molar-refractivity contribution in [2.75, 3.05) is 6.61 Å². The molecule has 9 nitrogen and oxygen atoms in total. The van der Waals surface area contributed by atoms with Crippen LogP contribution in [0.15, 0.2) is 0 Å². The van der Waals surface area contributed by atoms with E-state index in [1.54, 1.807) is 0 Å². The standard InChI is InChI=1S/C26H36F17O9P/c1-2-3-4-5-6-7-8-9-13(51-53(48,49)52-17-15(45)14(12-44)50-18(47)16(17)46)10-11-19(27,28)20(29,30)21(31,32)22(33,34)23(35,36)24(37,38)25(39,40)26(41,42)43/h13-18,44-47H,2-12H2,1H3,(H,48,49)/t13?,14-,15-,16-,17+,18-/m1/s1. The van der Waals surface area contributed by atoms with Crippen molar-refractivity contribution in [2.45, 2.75) is 156 Å². The number of phosphoric acid groups is 1. The first-order valence-corrected chi connectivity index (χ1v) is 16.9. The molecule has 2 unspecified atom stereocenters. The van der Waals surface area contributed by atoms with E-state index in [4.69, 9.17) is 0 Å². The molecule has 53 heavy (non-hydrogen) atoms. The van der Waals surface area contributed by atoms with Crippen LogP contribution in [0.1, 0.15) is 71.1 Å². The van der Waals surface area contributed by atoms with Crippen molar-refractivity contribution in [3.8, 4) is 0 Å². The Labute approximate surface area is 289 Å². The largest absolute Gasteiger partial charge is 0.472 e. The van der Waals surface area contributed by atoms with Crippen molar-refractivity contribution in [1.29, 1.82) is 0 Å². The van der Waals surface area contributed by atoms with Crippen molar-refractivity contribution >= 4 is 7.82 Å². The molecule has 7 atom stereocenters. The molecule has 0 amide bonds. The van der Waals surface area contributed by atoms with Gasteiger partial charge in [-0.3, -0.25) is 9.05 Å². The highest BCUT2D eigenvalue weighted by molar-refractivity contribution is 7.47. The summed E-state index contributed by atoms with van der Waals surface area (Å²) in [4.78, 5) is 10.2. The van der Waals surface area contributed by atoms with E-state index in [9.17, 15) is 105 Å². The topological polar surface area (TPSA) is 146 Å². The Morgan fingerprint density at radius 3 is 1.53 bits per heavy atom. The molecule has 0 spiro atoms. The van der Waals surface area contributed by atoms with E-state index >= 15 is 0 Å². The lowest BCUT2D eigenvalue weighted by molar-refractivity contribution is -0.461. The van der Waals surface area contributed by atoms with Crippen LogP contribution in [0.4, 0.5) is 74.6 Å². The Kier molecular flexibility index (Phi) is 16.4. The zero-order chi connectivity index (χ0) is 41.9. The van der Waals surface area contributed by atoms with Gasteiger partial charge in [-0.05, 0) is 12.8 Å². The Hall–Kier alpha value is -1.28. The van der Waals surface area contributed by atoms with E-state index in [1.807, 2.05) is 6.92 Å². The van der Waals surface area contributed by atoms with Crippen LogP contribution >= 0.6 is 7.82 Å². The number of unbranched alkanes of at least 4 members (excludes halogenated alkanes) is 6. The smallest absolute Gasteiger partial charge is 0.394 e. The second-order valence-corrected chi connectivity index (χ2v) is 13.5. The van der Waals surface area contributed by atoms with Crippen LogP contribution < -0.4 is 0 Å². The number of phosphoric ester groups is 1. The van der Waals surface area contributed by atoms with Gasteiger partial charge >= 0.3 is 55.5 Å². The molecule has 1 saturated heterocycles. The van der Waals surface area contributed by atoms with Crippen LogP contribution in [0.3, 0.4) is 0 Å². The molecule has 5 N–H and O–H groups in total. The predicted octanol–water partition coefficient (Wildman–Crippen LogP) is 7.22. The van der Waals surface area contributed by atoms with Gasteiger partial charge in [0.2, 0.25) is 0 Å². The first-order valence-electron chi connectivity index (χ1n) is 15.4. The number of rotatable bonds is 22. The summed E-state index contributed by atoms with van der Waals surface area (Å²) in [5, 5.41) is 39.0. The number of hydrogen-bond acceptors (Lipinski definition) is 8. The summed E-state index contributed by atoms with van der Waals surface area (Å²) in [5.41, 5.74) is 0. The van der Waals surface area contributed by atoms with Gasteiger partial charge in [-0.1, -0.05) is 51.9 Å². The van der Waals surface area contributed by atoms with Crippen molar-refractivity contribution in [2.24, 2.45) is 0 Å². The van der Waals surface area contributed by atoms with Gasteiger partial charge in [0, 0.05) is 6.42 Å². The van der Waals surface area contributed by atoms with E-state index in [-0.39, 0.29) is 12.8 Å². The summed E-state index contributed by atoms with van der Waals surface area (Å²) in [5.74, 6) is -57.8. The number of ether oxygens (including phenoxy) is 1. The summed E-state index contributed by atoms with van der Waals surface area (Å²) >= 11 is 0. The highest BCUT2D eigenvalue weighted by Crippen LogP contribution is 2.64. The molecule has 1 aliphatic heterocycles. The number of aliphatic hydroxyl groups excluding tert-OH is 4. The first kappa shape index (κ1) is 49.7. The maximum Gasteiger partial charge on any atom is 0.472 e. The molecule has 318 valence electrons. The van der Waals surface area contributed by atoms with Gasteiger partial charge in [0.15, 0.2) is 6.29 Å². The highest BCUT2D eigenvalue weighted by Gasteiger charge is 2.95. The molecule has 0 bridgehead atoms. The van der Waals surface area contributed by atoms with Crippen molar-refractivity contribution in [3.63, 3.8) is 0 Å². The van der Waals surface area contributed by atoms with E-state index in [2.05, 4.69) is 13.8 Å². The summed E-state index contributed by atoms with van der Waals surface area (Å²) in [6.07, 6.45) is -24.0. The fraction of sp³-hybridized carbons (Fsp3) is 1.00. The second kappa shape index (κ2) is 17.5. The van der Waals surface area contributed by atoms with Crippen molar-refractivity contribution in [1.82, 2.24) is 0 Å². The maximum atomic E-state index is 14.6. The van der Waals surface area contributed by atoms with Crippen molar-refractivity contribution in [3.05, 3.63) is 0 Å². The van der Waals surface area contributed by atoms with Crippen LogP contribution in [0.5, 0.6) is 0 Å². The Bertz CT molecular complexity index is 1210. The minimum atomic E-state index is -8.80. The summed E-state index contributed by atoms with van der Waals surface area (Å²) in [7, 11) is -5.89. The second-order valence-electron chi connectivity index (χ2n) is 12.1. The third kappa shape index (κ3) is 10.2. The van der Waals surface area contributed by atoms with Gasteiger partial charge in [0.1, 0.15) is 24.4 Å². The zero-order valence-corrected chi connectivity index (χ0v) is 27.9. The summed E-state index contributed by atoms with van der Waals surface area (Å²) < 4.78 is 259. The van der Waals surface area contributed by atoms with Gasteiger partial charge in [-0.25, -0.2) is 4.57 Å². The Morgan fingerprint density at radius 2 is 1.08 bits per heavy atom. The number of aliphatic hydroxyl groups is 4. The predicted molar refractivity (Wildman–Crippen MR) is 142 cm³/mol. The Balaban J connectivity index is 3.41. The molecule has 1 rings (SSSR count). The quantitative estimate of drug-likeness (QED) is 0.0434. The summed E-state index contributed by atoms with van der Waals surface area (Å²) in [6, 6.07) is 0. The lowest BCUT2D eigenvalue weighted by Gasteiger charge is -2.43. The SMILES string of the molecule is CCCCCCCCCC(CCC(F)(F)C(F)(F)C(F)(F)C(F)(F)C(F)(F)C(F)(F)C(F)(F)C(F)(F)F)OP(=O)(O)O[C@@H]1[C@@H](O)[C@H](O)O[C@H](CO)[C@H]1O. The minimum absolute atomic E-state index is 0.130. The normalized spacial score (nSPS) is 25.0. The van der Waals surface area contributed by atoms with E-state index in [0.29, 0.717) is 19.3 Å². The van der Waals surface area contributed by atoms with Crippen LogP contribution in [0.2, 0.25) is 0 Å². The monoisotopic (exact) mass is 846 g/mol. The molecule has 0 aromatic carbocycles. The molecular formula is C26H36F17O9P. The minimum Gasteiger partial charge on any atom is -0.394 e. The van der Waals surface area contributed by atoms with E-state index in [1.165, 1.54) is 0 Å². The average Bonchev–Trinajstić information content (AvgIpc) is 3.01. The maximum absolute atomic E-state index is 14.6. The van der Waals surface area contributed by atoms with Gasteiger partial charge < -0.3 is 30.1 Å². The van der Waals surface area contributed by atoms with Crippen LogP contribution in [-0.2, 0) is 18.3 Å². The van der Waals surface area contributed by atoms with Crippen molar-refractivity contribution < 1.29 is 118 Å². The average molecular weight is 847 g/mol.